The lowest BCUT2D eigenvalue weighted by molar-refractivity contribution is -0.139. The van der Waals surface area contributed by atoms with Crippen LogP contribution in [0.4, 0.5) is 0 Å². The minimum atomic E-state index is -0.718. The number of amides is 2. The lowest BCUT2D eigenvalue weighted by Gasteiger charge is -2.12. The van der Waals surface area contributed by atoms with Crippen molar-refractivity contribution in [3.05, 3.63) is 35.9 Å². The van der Waals surface area contributed by atoms with Crippen LogP contribution in [0.5, 0.6) is 0 Å². The van der Waals surface area contributed by atoms with E-state index in [1.54, 1.807) is 0 Å². The predicted molar refractivity (Wildman–Crippen MR) is 68.0 cm³/mol. The third kappa shape index (κ3) is 4.55. The average Bonchev–Trinajstić information content (AvgIpc) is 2.42. The molecular weight excluding hydrogens is 232 g/mol. The van der Waals surface area contributed by atoms with E-state index in [9.17, 15) is 9.59 Å². The van der Waals surface area contributed by atoms with Gasteiger partial charge >= 0.3 is 11.8 Å². The topological polar surface area (TPSA) is 78.4 Å². The minimum Gasteiger partial charge on any atom is -0.395 e. The van der Waals surface area contributed by atoms with Crippen LogP contribution in [-0.4, -0.2) is 36.6 Å². The van der Waals surface area contributed by atoms with Crippen LogP contribution in [0.25, 0.3) is 0 Å². The monoisotopic (exact) mass is 250 g/mol. The maximum Gasteiger partial charge on any atom is 0.309 e. The Kier molecular flexibility index (Phi) is 5.87. The molecule has 0 aromatic heterocycles. The Labute approximate surface area is 106 Å². The molecule has 0 saturated carbocycles. The van der Waals surface area contributed by atoms with Crippen LogP contribution in [0.1, 0.15) is 18.4 Å². The van der Waals surface area contributed by atoms with Gasteiger partial charge in [0.2, 0.25) is 0 Å². The molecule has 0 radical (unpaired) electrons. The second kappa shape index (κ2) is 7.45. The van der Waals surface area contributed by atoms with Crippen molar-refractivity contribution >= 4 is 11.8 Å². The summed E-state index contributed by atoms with van der Waals surface area (Å²) in [5.41, 5.74) is 1.11. The van der Waals surface area contributed by atoms with E-state index in [1.807, 2.05) is 37.3 Å². The third-order valence-corrected chi connectivity index (χ3v) is 2.54. The smallest absolute Gasteiger partial charge is 0.309 e. The summed E-state index contributed by atoms with van der Waals surface area (Å²) in [7, 11) is 0. The van der Waals surface area contributed by atoms with Gasteiger partial charge in [0.1, 0.15) is 0 Å². The van der Waals surface area contributed by atoms with E-state index in [2.05, 4.69) is 10.6 Å². The van der Waals surface area contributed by atoms with E-state index in [1.165, 1.54) is 0 Å². The SMILES string of the molecule is C[C@@H](CNC(=O)C(=O)NCCO)c1ccccc1. The van der Waals surface area contributed by atoms with E-state index >= 15 is 0 Å². The van der Waals surface area contributed by atoms with Gasteiger partial charge in [-0.25, -0.2) is 0 Å². The highest BCUT2D eigenvalue weighted by Gasteiger charge is 2.13. The van der Waals surface area contributed by atoms with Gasteiger partial charge in [-0.1, -0.05) is 37.3 Å². The van der Waals surface area contributed by atoms with E-state index < -0.39 is 11.8 Å². The molecule has 18 heavy (non-hydrogen) atoms. The van der Waals surface area contributed by atoms with Crippen LogP contribution in [0, 0.1) is 0 Å². The Bertz CT molecular complexity index is 392. The second-order valence-corrected chi connectivity index (χ2v) is 4.00. The number of hydrogen-bond donors (Lipinski definition) is 3. The number of nitrogens with one attached hydrogen (secondary N) is 2. The molecule has 1 aromatic rings. The molecule has 98 valence electrons. The molecule has 1 rings (SSSR count). The standard InChI is InChI=1S/C13H18N2O3/c1-10(11-5-3-2-4-6-11)9-15-13(18)12(17)14-7-8-16/h2-6,10,16H,7-9H2,1H3,(H,14,17)(H,15,18)/t10-/m0/s1. The van der Waals surface area contributed by atoms with Crippen LogP contribution in [0.3, 0.4) is 0 Å². The molecule has 5 nitrogen and oxygen atoms in total. The third-order valence-electron chi connectivity index (χ3n) is 2.54. The van der Waals surface area contributed by atoms with Gasteiger partial charge in [0, 0.05) is 13.1 Å². The van der Waals surface area contributed by atoms with Crippen LogP contribution >= 0.6 is 0 Å². The largest absolute Gasteiger partial charge is 0.395 e. The highest BCUT2D eigenvalue weighted by Crippen LogP contribution is 2.12. The molecule has 0 heterocycles. The molecule has 0 fully saturated rings. The van der Waals surface area contributed by atoms with Crippen molar-refractivity contribution in [2.45, 2.75) is 12.8 Å². The van der Waals surface area contributed by atoms with Crippen molar-refractivity contribution in [2.24, 2.45) is 0 Å². The van der Waals surface area contributed by atoms with Crippen LogP contribution in [0.15, 0.2) is 30.3 Å². The molecule has 0 aliphatic carbocycles. The van der Waals surface area contributed by atoms with Gasteiger partial charge in [0.05, 0.1) is 6.61 Å². The summed E-state index contributed by atoms with van der Waals surface area (Å²) < 4.78 is 0. The Hall–Kier alpha value is -1.88. The molecule has 2 amide bonds. The summed E-state index contributed by atoms with van der Waals surface area (Å²) in [5, 5.41) is 13.4. The first-order chi connectivity index (χ1) is 8.65. The molecule has 0 unspecified atom stereocenters. The first-order valence-electron chi connectivity index (χ1n) is 5.87. The first kappa shape index (κ1) is 14.2. The number of carbonyl (C=O) groups is 2. The van der Waals surface area contributed by atoms with Gasteiger partial charge in [0.25, 0.3) is 0 Å². The lowest BCUT2D eigenvalue weighted by Crippen LogP contribution is -2.42. The zero-order valence-electron chi connectivity index (χ0n) is 10.3. The minimum absolute atomic E-state index is 0.0838. The molecule has 5 heteroatoms. The fourth-order valence-corrected chi connectivity index (χ4v) is 1.48. The number of benzene rings is 1. The summed E-state index contributed by atoms with van der Waals surface area (Å²) in [6.45, 7) is 2.27. The van der Waals surface area contributed by atoms with Gasteiger partial charge in [-0.2, -0.15) is 0 Å². The van der Waals surface area contributed by atoms with E-state index in [0.717, 1.165) is 5.56 Å². The van der Waals surface area contributed by atoms with Gasteiger partial charge in [-0.05, 0) is 11.5 Å². The summed E-state index contributed by atoms with van der Waals surface area (Å²) >= 11 is 0. The zero-order valence-corrected chi connectivity index (χ0v) is 10.3. The van der Waals surface area contributed by atoms with Crippen molar-refractivity contribution < 1.29 is 14.7 Å². The average molecular weight is 250 g/mol. The highest BCUT2D eigenvalue weighted by molar-refractivity contribution is 6.35. The van der Waals surface area contributed by atoms with Crippen molar-refractivity contribution in [1.29, 1.82) is 0 Å². The van der Waals surface area contributed by atoms with Crippen LogP contribution in [-0.2, 0) is 9.59 Å². The van der Waals surface area contributed by atoms with Gasteiger partial charge in [0.15, 0.2) is 0 Å². The lowest BCUT2D eigenvalue weighted by atomic mass is 10.0. The van der Waals surface area contributed by atoms with Crippen LogP contribution in [0.2, 0.25) is 0 Å². The summed E-state index contributed by atoms with van der Waals surface area (Å²) in [4.78, 5) is 22.6. The number of aliphatic hydroxyl groups is 1. The first-order valence-corrected chi connectivity index (χ1v) is 5.87. The molecule has 1 aromatic carbocycles. The zero-order chi connectivity index (χ0) is 13.4. The maximum atomic E-state index is 11.4. The molecule has 0 bridgehead atoms. The Morgan fingerprint density at radius 3 is 2.39 bits per heavy atom. The molecule has 0 saturated heterocycles. The van der Waals surface area contributed by atoms with Crippen LogP contribution < -0.4 is 10.6 Å². The van der Waals surface area contributed by atoms with Crippen molar-refractivity contribution in [3.8, 4) is 0 Å². The van der Waals surface area contributed by atoms with Crippen molar-refractivity contribution in [2.75, 3.05) is 19.7 Å². The summed E-state index contributed by atoms with van der Waals surface area (Å²) in [6, 6.07) is 9.74. The van der Waals surface area contributed by atoms with Gasteiger partial charge < -0.3 is 15.7 Å². The molecule has 0 spiro atoms. The normalized spacial score (nSPS) is 11.7. The number of carbonyl (C=O) groups excluding carboxylic acids is 2. The highest BCUT2D eigenvalue weighted by atomic mass is 16.3. The second-order valence-electron chi connectivity index (χ2n) is 4.00. The number of rotatable bonds is 5. The van der Waals surface area contributed by atoms with Gasteiger partial charge in [-0.3, -0.25) is 9.59 Å². The fraction of sp³-hybridized carbons (Fsp3) is 0.385. The number of hydrogen-bond acceptors (Lipinski definition) is 3. The summed E-state index contributed by atoms with van der Waals surface area (Å²) in [6.07, 6.45) is 0. The Balaban J connectivity index is 2.36. The Morgan fingerprint density at radius 2 is 1.78 bits per heavy atom. The molecule has 3 N–H and O–H groups in total. The molecule has 1 atom stereocenters. The van der Waals surface area contributed by atoms with Crippen molar-refractivity contribution in [3.63, 3.8) is 0 Å². The fourth-order valence-electron chi connectivity index (χ4n) is 1.48. The molecular formula is C13H18N2O3. The summed E-state index contributed by atoms with van der Waals surface area (Å²) in [5.74, 6) is -1.25. The van der Waals surface area contributed by atoms with E-state index in [0.29, 0.717) is 6.54 Å². The Morgan fingerprint density at radius 1 is 1.17 bits per heavy atom. The predicted octanol–water partition coefficient (Wildman–Crippen LogP) is 0.0148. The molecule has 0 aliphatic heterocycles. The molecule has 0 aliphatic rings. The van der Waals surface area contributed by atoms with Gasteiger partial charge in [-0.15, -0.1) is 0 Å². The van der Waals surface area contributed by atoms with E-state index in [-0.39, 0.29) is 19.1 Å². The van der Waals surface area contributed by atoms with Crippen molar-refractivity contribution in [1.82, 2.24) is 10.6 Å². The number of aliphatic hydroxyl groups excluding tert-OH is 1. The maximum absolute atomic E-state index is 11.4. The quantitative estimate of drug-likeness (QED) is 0.644. The van der Waals surface area contributed by atoms with E-state index in [4.69, 9.17) is 5.11 Å².